The van der Waals surface area contributed by atoms with E-state index < -0.39 is 0 Å². The third-order valence-electron chi connectivity index (χ3n) is 5.04. The summed E-state index contributed by atoms with van der Waals surface area (Å²) in [6.07, 6.45) is 1.16. The predicted molar refractivity (Wildman–Crippen MR) is 116 cm³/mol. The molecule has 3 aromatic rings. The van der Waals surface area contributed by atoms with Crippen molar-refractivity contribution in [3.8, 4) is 0 Å². The van der Waals surface area contributed by atoms with Crippen LogP contribution in [-0.4, -0.2) is 59.3 Å². The van der Waals surface area contributed by atoms with Gasteiger partial charge < -0.3 is 10.2 Å². The Labute approximate surface area is 174 Å². The van der Waals surface area contributed by atoms with Crippen molar-refractivity contribution < 1.29 is 9.59 Å². The number of benzene rings is 2. The number of hydrogen-bond donors (Lipinski definition) is 1. The van der Waals surface area contributed by atoms with Crippen LogP contribution < -0.4 is 5.32 Å². The Bertz CT molecular complexity index is 948. The van der Waals surface area contributed by atoms with Gasteiger partial charge in [0.05, 0.1) is 21.8 Å². The quantitative estimate of drug-likeness (QED) is 0.681. The first-order valence-electron chi connectivity index (χ1n) is 9.87. The third-order valence-corrected chi connectivity index (χ3v) is 6.14. The molecule has 29 heavy (non-hydrogen) atoms. The lowest BCUT2D eigenvalue weighted by atomic mass is 10.2. The standard InChI is InChI=1S/C22H24N4O2S/c27-20(23-17-6-2-1-3-7-17)16-25-12-14-26(15-13-25)22(28)11-10-21-24-18-8-4-5-9-19(18)29-21/h1-9H,10-16H2,(H,23,27). The van der Waals surface area contributed by atoms with E-state index in [0.29, 0.717) is 32.5 Å². The van der Waals surface area contributed by atoms with Crippen molar-refractivity contribution in [2.45, 2.75) is 12.8 Å². The Morgan fingerprint density at radius 3 is 2.45 bits per heavy atom. The molecule has 1 aromatic heterocycles. The first-order valence-corrected chi connectivity index (χ1v) is 10.7. The number of piperazine rings is 1. The summed E-state index contributed by atoms with van der Waals surface area (Å²) in [5.41, 5.74) is 1.81. The highest BCUT2D eigenvalue weighted by Gasteiger charge is 2.22. The van der Waals surface area contributed by atoms with E-state index in [0.717, 1.165) is 34.0 Å². The zero-order valence-electron chi connectivity index (χ0n) is 16.2. The van der Waals surface area contributed by atoms with Gasteiger partial charge in [0.1, 0.15) is 0 Å². The van der Waals surface area contributed by atoms with Gasteiger partial charge in [0.25, 0.3) is 0 Å². The number of aryl methyl sites for hydroxylation is 1. The van der Waals surface area contributed by atoms with E-state index in [1.807, 2.05) is 53.4 Å². The summed E-state index contributed by atoms with van der Waals surface area (Å²) >= 11 is 1.66. The number of fused-ring (bicyclic) bond motifs is 1. The molecule has 0 radical (unpaired) electrons. The number of aromatic nitrogens is 1. The molecule has 6 nitrogen and oxygen atoms in total. The molecule has 2 heterocycles. The van der Waals surface area contributed by atoms with Crippen LogP contribution in [0, 0.1) is 0 Å². The van der Waals surface area contributed by atoms with Crippen LogP contribution in [0.2, 0.25) is 0 Å². The van der Waals surface area contributed by atoms with Crippen LogP contribution in [0.1, 0.15) is 11.4 Å². The molecule has 0 saturated carbocycles. The lowest BCUT2D eigenvalue weighted by molar-refractivity contribution is -0.133. The largest absolute Gasteiger partial charge is 0.340 e. The number of nitrogens with one attached hydrogen (secondary N) is 1. The Morgan fingerprint density at radius 1 is 0.966 bits per heavy atom. The second kappa shape index (κ2) is 9.15. The van der Waals surface area contributed by atoms with Crippen molar-refractivity contribution in [1.29, 1.82) is 0 Å². The summed E-state index contributed by atoms with van der Waals surface area (Å²) < 4.78 is 1.16. The van der Waals surface area contributed by atoms with Gasteiger partial charge in [0.15, 0.2) is 0 Å². The first kappa shape index (κ1) is 19.5. The highest BCUT2D eigenvalue weighted by molar-refractivity contribution is 7.18. The summed E-state index contributed by atoms with van der Waals surface area (Å²) in [5.74, 6) is 0.143. The fourth-order valence-corrected chi connectivity index (χ4v) is 4.45. The summed E-state index contributed by atoms with van der Waals surface area (Å²) in [7, 11) is 0. The molecule has 2 amide bonds. The number of carbonyl (C=O) groups excluding carboxylic acids is 2. The van der Waals surface area contributed by atoms with Crippen LogP contribution in [0.3, 0.4) is 0 Å². The van der Waals surface area contributed by atoms with Gasteiger partial charge in [0.2, 0.25) is 11.8 Å². The van der Waals surface area contributed by atoms with Crippen LogP contribution in [0.4, 0.5) is 5.69 Å². The lowest BCUT2D eigenvalue weighted by Gasteiger charge is -2.34. The molecular weight excluding hydrogens is 384 g/mol. The van der Waals surface area contributed by atoms with Gasteiger partial charge in [0, 0.05) is 44.7 Å². The second-order valence-corrected chi connectivity index (χ2v) is 8.26. The van der Waals surface area contributed by atoms with E-state index in [1.54, 1.807) is 11.3 Å². The number of carbonyl (C=O) groups is 2. The summed E-state index contributed by atoms with van der Waals surface area (Å²) in [5, 5.41) is 3.92. The Kier molecular flexibility index (Phi) is 6.17. The van der Waals surface area contributed by atoms with Gasteiger partial charge in [-0.3, -0.25) is 14.5 Å². The number of rotatable bonds is 6. The van der Waals surface area contributed by atoms with Crippen molar-refractivity contribution in [2.24, 2.45) is 0 Å². The van der Waals surface area contributed by atoms with Gasteiger partial charge in [-0.15, -0.1) is 11.3 Å². The molecule has 1 N–H and O–H groups in total. The average Bonchev–Trinajstić information content (AvgIpc) is 3.16. The fourth-order valence-electron chi connectivity index (χ4n) is 3.48. The summed E-state index contributed by atoms with van der Waals surface area (Å²) in [6.45, 7) is 3.11. The number of nitrogens with zero attached hydrogens (tertiary/aromatic N) is 3. The molecule has 1 fully saturated rings. The highest BCUT2D eigenvalue weighted by atomic mass is 32.1. The molecule has 0 aliphatic carbocycles. The molecule has 1 aliphatic heterocycles. The second-order valence-electron chi connectivity index (χ2n) is 7.15. The van der Waals surface area contributed by atoms with E-state index in [9.17, 15) is 9.59 Å². The SMILES string of the molecule is O=C(CN1CCN(C(=O)CCc2nc3ccccc3s2)CC1)Nc1ccccc1. The van der Waals surface area contributed by atoms with Crippen molar-refractivity contribution >= 4 is 39.1 Å². The normalized spacial score (nSPS) is 14.8. The van der Waals surface area contributed by atoms with Gasteiger partial charge in [-0.05, 0) is 24.3 Å². The minimum atomic E-state index is -0.0215. The minimum Gasteiger partial charge on any atom is -0.340 e. The van der Waals surface area contributed by atoms with E-state index in [1.165, 1.54) is 0 Å². The van der Waals surface area contributed by atoms with Crippen LogP contribution in [0.15, 0.2) is 54.6 Å². The van der Waals surface area contributed by atoms with E-state index >= 15 is 0 Å². The van der Waals surface area contributed by atoms with Gasteiger partial charge in [-0.2, -0.15) is 0 Å². The molecule has 4 rings (SSSR count). The average molecular weight is 409 g/mol. The molecular formula is C22H24N4O2S. The summed E-state index contributed by atoms with van der Waals surface area (Å²) in [4.78, 5) is 33.4. The summed E-state index contributed by atoms with van der Waals surface area (Å²) in [6, 6.07) is 17.5. The maximum atomic E-state index is 12.6. The molecule has 150 valence electrons. The minimum absolute atomic E-state index is 0.0215. The van der Waals surface area contributed by atoms with Crippen molar-refractivity contribution in [3.05, 3.63) is 59.6 Å². The molecule has 7 heteroatoms. The Hall–Kier alpha value is -2.77. The maximum absolute atomic E-state index is 12.6. The zero-order chi connectivity index (χ0) is 20.1. The molecule has 1 aliphatic rings. The molecule has 0 bridgehead atoms. The van der Waals surface area contributed by atoms with E-state index in [4.69, 9.17) is 0 Å². The number of para-hydroxylation sites is 2. The number of thiazole rings is 1. The number of hydrogen-bond acceptors (Lipinski definition) is 5. The highest BCUT2D eigenvalue weighted by Crippen LogP contribution is 2.22. The molecule has 2 aromatic carbocycles. The number of amides is 2. The van der Waals surface area contributed by atoms with Crippen LogP contribution >= 0.6 is 11.3 Å². The number of anilines is 1. The first-order chi connectivity index (χ1) is 14.2. The van der Waals surface area contributed by atoms with E-state index in [-0.39, 0.29) is 11.8 Å². The van der Waals surface area contributed by atoms with Gasteiger partial charge in [-0.1, -0.05) is 30.3 Å². The van der Waals surface area contributed by atoms with Gasteiger partial charge >= 0.3 is 0 Å². The fraction of sp³-hybridized carbons (Fsp3) is 0.318. The molecule has 1 saturated heterocycles. The molecule has 0 unspecified atom stereocenters. The van der Waals surface area contributed by atoms with Crippen molar-refractivity contribution in [1.82, 2.24) is 14.8 Å². The van der Waals surface area contributed by atoms with Crippen LogP contribution in [-0.2, 0) is 16.0 Å². The third kappa shape index (κ3) is 5.19. The molecule has 0 spiro atoms. The Morgan fingerprint density at radius 2 is 1.69 bits per heavy atom. The van der Waals surface area contributed by atoms with Crippen molar-refractivity contribution in [2.75, 3.05) is 38.0 Å². The molecule has 0 atom stereocenters. The topological polar surface area (TPSA) is 65.5 Å². The van der Waals surface area contributed by atoms with E-state index in [2.05, 4.69) is 21.3 Å². The monoisotopic (exact) mass is 408 g/mol. The van der Waals surface area contributed by atoms with Crippen LogP contribution in [0.25, 0.3) is 10.2 Å². The van der Waals surface area contributed by atoms with Crippen molar-refractivity contribution in [3.63, 3.8) is 0 Å². The smallest absolute Gasteiger partial charge is 0.238 e. The predicted octanol–water partition coefficient (Wildman–Crippen LogP) is 3.01. The lowest BCUT2D eigenvalue weighted by Crippen LogP contribution is -2.50. The Balaban J connectivity index is 1.20. The van der Waals surface area contributed by atoms with Gasteiger partial charge in [-0.25, -0.2) is 4.98 Å². The zero-order valence-corrected chi connectivity index (χ0v) is 17.0. The maximum Gasteiger partial charge on any atom is 0.238 e. The van der Waals surface area contributed by atoms with Crippen LogP contribution in [0.5, 0.6) is 0 Å².